The van der Waals surface area contributed by atoms with Gasteiger partial charge in [-0.1, -0.05) is 17.7 Å². The number of hydrogen-bond acceptors (Lipinski definition) is 3. The third-order valence-corrected chi connectivity index (χ3v) is 2.60. The van der Waals surface area contributed by atoms with Crippen molar-refractivity contribution in [2.75, 3.05) is 13.2 Å². The standard InChI is InChI=1S/C14H21ClN2O2/c1-14(2,3)17-13(18)9-19-12-5-4-10(6-7-16)8-11(12)15/h4-5,8H,6-7,9,16H2,1-3H3,(H,17,18). The summed E-state index contributed by atoms with van der Waals surface area (Å²) in [4.78, 5) is 11.6. The van der Waals surface area contributed by atoms with E-state index in [2.05, 4.69) is 5.32 Å². The van der Waals surface area contributed by atoms with Crippen molar-refractivity contribution < 1.29 is 9.53 Å². The molecule has 3 N–H and O–H groups in total. The zero-order valence-corrected chi connectivity index (χ0v) is 12.4. The van der Waals surface area contributed by atoms with Crippen LogP contribution >= 0.6 is 11.6 Å². The average molecular weight is 285 g/mol. The molecule has 0 atom stereocenters. The fraction of sp³-hybridized carbons (Fsp3) is 0.500. The van der Waals surface area contributed by atoms with Gasteiger partial charge in [0.15, 0.2) is 6.61 Å². The predicted octanol–water partition coefficient (Wildman–Crippen LogP) is 2.13. The Morgan fingerprint density at radius 1 is 1.42 bits per heavy atom. The van der Waals surface area contributed by atoms with Crippen molar-refractivity contribution in [1.82, 2.24) is 5.32 Å². The van der Waals surface area contributed by atoms with Gasteiger partial charge in [0.1, 0.15) is 5.75 Å². The summed E-state index contributed by atoms with van der Waals surface area (Å²) in [5.41, 5.74) is 6.26. The van der Waals surface area contributed by atoms with Gasteiger partial charge in [0.2, 0.25) is 0 Å². The van der Waals surface area contributed by atoms with Gasteiger partial charge in [0.05, 0.1) is 5.02 Å². The van der Waals surface area contributed by atoms with Gasteiger partial charge in [0.25, 0.3) is 5.91 Å². The van der Waals surface area contributed by atoms with Crippen molar-refractivity contribution in [2.45, 2.75) is 32.7 Å². The monoisotopic (exact) mass is 284 g/mol. The van der Waals surface area contributed by atoms with Gasteiger partial charge in [-0.05, 0) is 51.4 Å². The second-order valence-corrected chi connectivity index (χ2v) is 5.80. The molecular weight excluding hydrogens is 264 g/mol. The molecule has 0 aliphatic rings. The first-order chi connectivity index (χ1) is 8.81. The third kappa shape index (κ3) is 5.94. The third-order valence-electron chi connectivity index (χ3n) is 2.30. The molecule has 0 saturated carbocycles. The second-order valence-electron chi connectivity index (χ2n) is 5.39. The molecule has 0 aromatic heterocycles. The number of nitrogens with two attached hydrogens (primary N) is 1. The Labute approximate surface area is 119 Å². The number of carbonyl (C=O) groups is 1. The Bertz CT molecular complexity index is 442. The summed E-state index contributed by atoms with van der Waals surface area (Å²) in [6.07, 6.45) is 0.768. The van der Waals surface area contributed by atoms with Crippen LogP contribution in [0.25, 0.3) is 0 Å². The van der Waals surface area contributed by atoms with E-state index in [0.29, 0.717) is 17.3 Å². The van der Waals surface area contributed by atoms with Gasteiger partial charge in [-0.3, -0.25) is 4.79 Å². The zero-order chi connectivity index (χ0) is 14.5. The van der Waals surface area contributed by atoms with Crippen LogP contribution in [-0.2, 0) is 11.2 Å². The topological polar surface area (TPSA) is 64.3 Å². The maximum absolute atomic E-state index is 11.6. The molecule has 1 aromatic rings. The molecule has 1 rings (SSSR count). The molecule has 4 nitrogen and oxygen atoms in total. The quantitative estimate of drug-likeness (QED) is 0.871. The van der Waals surface area contributed by atoms with Gasteiger partial charge in [-0.2, -0.15) is 0 Å². The normalized spacial score (nSPS) is 11.2. The van der Waals surface area contributed by atoms with Crippen LogP contribution in [0.4, 0.5) is 0 Å². The van der Waals surface area contributed by atoms with Gasteiger partial charge in [-0.15, -0.1) is 0 Å². The molecule has 106 valence electrons. The van der Waals surface area contributed by atoms with E-state index < -0.39 is 0 Å². The molecule has 0 aliphatic carbocycles. The zero-order valence-electron chi connectivity index (χ0n) is 11.6. The Hall–Kier alpha value is -1.26. The number of benzene rings is 1. The van der Waals surface area contributed by atoms with E-state index in [0.717, 1.165) is 12.0 Å². The minimum absolute atomic E-state index is 0.0484. The van der Waals surface area contributed by atoms with E-state index in [1.54, 1.807) is 6.07 Å². The highest BCUT2D eigenvalue weighted by atomic mass is 35.5. The summed E-state index contributed by atoms with van der Waals surface area (Å²) < 4.78 is 5.40. The fourth-order valence-electron chi connectivity index (χ4n) is 1.58. The molecule has 0 saturated heterocycles. The highest BCUT2D eigenvalue weighted by Gasteiger charge is 2.14. The van der Waals surface area contributed by atoms with Gasteiger partial charge >= 0.3 is 0 Å². The number of hydrogen-bond donors (Lipinski definition) is 2. The van der Waals surface area contributed by atoms with Crippen molar-refractivity contribution >= 4 is 17.5 Å². The van der Waals surface area contributed by atoms with Crippen molar-refractivity contribution in [3.8, 4) is 5.75 Å². The summed E-state index contributed by atoms with van der Waals surface area (Å²) in [5.74, 6) is 0.334. The first kappa shape index (κ1) is 15.8. The van der Waals surface area contributed by atoms with E-state index in [1.807, 2.05) is 32.9 Å². The smallest absolute Gasteiger partial charge is 0.258 e. The van der Waals surface area contributed by atoms with E-state index in [9.17, 15) is 4.79 Å². The SMILES string of the molecule is CC(C)(C)NC(=O)COc1ccc(CCN)cc1Cl. The number of carbonyl (C=O) groups excluding carboxylic acids is 1. The van der Waals surface area contributed by atoms with Crippen LogP contribution in [0.15, 0.2) is 18.2 Å². The lowest BCUT2D eigenvalue weighted by molar-refractivity contribution is -0.124. The molecule has 1 amide bonds. The van der Waals surface area contributed by atoms with E-state index in [-0.39, 0.29) is 18.1 Å². The van der Waals surface area contributed by atoms with Crippen molar-refractivity contribution in [3.63, 3.8) is 0 Å². The fourth-order valence-corrected chi connectivity index (χ4v) is 1.84. The number of amides is 1. The Balaban J connectivity index is 2.56. The molecule has 0 unspecified atom stereocenters. The molecule has 1 aromatic carbocycles. The van der Waals surface area contributed by atoms with Crippen LogP contribution in [-0.4, -0.2) is 24.6 Å². The van der Waals surface area contributed by atoms with E-state index in [1.165, 1.54) is 0 Å². The maximum Gasteiger partial charge on any atom is 0.258 e. The molecule has 5 heteroatoms. The molecule has 0 heterocycles. The molecule has 0 fully saturated rings. The Kier molecular flexibility index (Phi) is 5.63. The summed E-state index contributed by atoms with van der Waals surface area (Å²) in [5, 5.41) is 3.31. The van der Waals surface area contributed by atoms with E-state index in [4.69, 9.17) is 22.1 Å². The van der Waals surface area contributed by atoms with Crippen LogP contribution in [0.1, 0.15) is 26.3 Å². The highest BCUT2D eigenvalue weighted by molar-refractivity contribution is 6.32. The van der Waals surface area contributed by atoms with Gasteiger partial charge in [0, 0.05) is 5.54 Å². The first-order valence-corrected chi connectivity index (χ1v) is 6.62. The number of ether oxygens (including phenoxy) is 1. The van der Waals surface area contributed by atoms with Crippen molar-refractivity contribution in [1.29, 1.82) is 0 Å². The number of nitrogens with one attached hydrogen (secondary N) is 1. The minimum atomic E-state index is -0.269. The molecule has 0 bridgehead atoms. The average Bonchev–Trinajstić information content (AvgIpc) is 2.26. The molecular formula is C14H21ClN2O2. The molecule has 19 heavy (non-hydrogen) atoms. The molecule has 0 aliphatic heterocycles. The van der Waals surface area contributed by atoms with Crippen LogP contribution in [0.5, 0.6) is 5.75 Å². The second kappa shape index (κ2) is 6.78. The number of halogens is 1. The van der Waals surface area contributed by atoms with E-state index >= 15 is 0 Å². The lowest BCUT2D eigenvalue weighted by Gasteiger charge is -2.20. The van der Waals surface area contributed by atoms with Crippen LogP contribution < -0.4 is 15.8 Å². The Morgan fingerprint density at radius 2 is 2.11 bits per heavy atom. The lowest BCUT2D eigenvalue weighted by Crippen LogP contribution is -2.43. The highest BCUT2D eigenvalue weighted by Crippen LogP contribution is 2.25. The summed E-state index contributed by atoms with van der Waals surface area (Å²) in [6, 6.07) is 5.47. The maximum atomic E-state index is 11.6. The summed E-state index contributed by atoms with van der Waals surface area (Å²) >= 11 is 6.08. The number of rotatable bonds is 5. The van der Waals surface area contributed by atoms with Crippen LogP contribution in [0.3, 0.4) is 0 Å². The first-order valence-electron chi connectivity index (χ1n) is 6.24. The summed E-state index contributed by atoms with van der Waals surface area (Å²) in [6.45, 7) is 6.27. The van der Waals surface area contributed by atoms with Crippen LogP contribution in [0.2, 0.25) is 5.02 Å². The molecule has 0 spiro atoms. The predicted molar refractivity (Wildman–Crippen MR) is 77.6 cm³/mol. The Morgan fingerprint density at radius 3 is 2.63 bits per heavy atom. The van der Waals surface area contributed by atoms with Crippen molar-refractivity contribution in [2.24, 2.45) is 5.73 Å². The minimum Gasteiger partial charge on any atom is -0.482 e. The lowest BCUT2D eigenvalue weighted by atomic mass is 10.1. The molecule has 0 radical (unpaired) electrons. The van der Waals surface area contributed by atoms with Gasteiger partial charge in [-0.25, -0.2) is 0 Å². The summed E-state index contributed by atoms with van der Waals surface area (Å²) in [7, 11) is 0. The van der Waals surface area contributed by atoms with Crippen LogP contribution in [0, 0.1) is 0 Å². The van der Waals surface area contributed by atoms with Crippen molar-refractivity contribution in [3.05, 3.63) is 28.8 Å². The largest absolute Gasteiger partial charge is 0.482 e. The van der Waals surface area contributed by atoms with Gasteiger partial charge < -0.3 is 15.8 Å².